The molecule has 0 aliphatic carbocycles. The Morgan fingerprint density at radius 1 is 1.56 bits per heavy atom. The summed E-state index contributed by atoms with van der Waals surface area (Å²) in [6, 6.07) is 5.61. The number of nitrogens with one attached hydrogen (secondary N) is 1. The van der Waals surface area contributed by atoms with Crippen molar-refractivity contribution in [2.75, 3.05) is 6.54 Å². The van der Waals surface area contributed by atoms with Gasteiger partial charge in [0.1, 0.15) is 5.84 Å². The maximum Gasteiger partial charge on any atom is 0.227 e. The molecule has 0 aromatic carbocycles. The van der Waals surface area contributed by atoms with Crippen LogP contribution in [0.15, 0.2) is 29.6 Å². The largest absolute Gasteiger partial charge is 0.409 e. The minimum absolute atomic E-state index is 0.0985. The summed E-state index contributed by atoms with van der Waals surface area (Å²) in [6.45, 7) is 0.481. The van der Waals surface area contributed by atoms with Gasteiger partial charge in [-0.25, -0.2) is 0 Å². The van der Waals surface area contributed by atoms with Crippen molar-refractivity contribution < 1.29 is 10.0 Å². The van der Waals surface area contributed by atoms with Crippen molar-refractivity contribution in [3.63, 3.8) is 0 Å². The number of rotatable bonds is 5. The van der Waals surface area contributed by atoms with Crippen LogP contribution in [-0.4, -0.2) is 28.5 Å². The normalized spacial score (nSPS) is 11.1. The molecule has 0 saturated carbocycles. The van der Waals surface area contributed by atoms with E-state index in [0.29, 0.717) is 13.0 Å². The van der Waals surface area contributed by atoms with Crippen molar-refractivity contribution in [1.82, 2.24) is 10.3 Å². The number of amides is 1. The second kappa shape index (κ2) is 6.39. The van der Waals surface area contributed by atoms with Crippen molar-refractivity contribution in [2.24, 2.45) is 10.9 Å². The Kier molecular flexibility index (Phi) is 4.78. The Labute approximate surface area is 93.2 Å². The van der Waals surface area contributed by atoms with Gasteiger partial charge in [-0.15, -0.1) is 0 Å². The fraction of sp³-hybridized carbons (Fsp3) is 0.300. The van der Waals surface area contributed by atoms with Crippen LogP contribution in [0.2, 0.25) is 0 Å². The van der Waals surface area contributed by atoms with Crippen LogP contribution >= 0.6 is 0 Å². The van der Waals surface area contributed by atoms with Crippen molar-refractivity contribution in [2.45, 2.75) is 12.8 Å². The van der Waals surface area contributed by atoms with E-state index in [1.165, 1.54) is 0 Å². The highest BCUT2D eigenvalue weighted by Crippen LogP contribution is 1.93. The first-order chi connectivity index (χ1) is 7.72. The lowest BCUT2D eigenvalue weighted by Gasteiger charge is -2.03. The van der Waals surface area contributed by atoms with Gasteiger partial charge in [0.25, 0.3) is 0 Å². The van der Waals surface area contributed by atoms with Crippen LogP contribution in [0.1, 0.15) is 12.1 Å². The van der Waals surface area contributed by atoms with Gasteiger partial charge < -0.3 is 16.3 Å². The molecule has 6 nitrogen and oxygen atoms in total. The predicted octanol–water partition coefficient (Wildman–Crippen LogP) is -0.123. The number of amidine groups is 1. The summed E-state index contributed by atoms with van der Waals surface area (Å²) in [7, 11) is 0. The number of nitrogens with two attached hydrogens (primary N) is 1. The zero-order valence-electron chi connectivity index (χ0n) is 8.76. The molecule has 0 radical (unpaired) electrons. The summed E-state index contributed by atoms with van der Waals surface area (Å²) in [4.78, 5) is 15.3. The monoisotopic (exact) mass is 222 g/mol. The van der Waals surface area contributed by atoms with Crippen molar-refractivity contribution >= 4 is 11.7 Å². The number of hydrogen-bond acceptors (Lipinski definition) is 4. The quantitative estimate of drug-likeness (QED) is 0.280. The van der Waals surface area contributed by atoms with E-state index < -0.39 is 0 Å². The molecule has 1 rings (SSSR count). The van der Waals surface area contributed by atoms with Crippen LogP contribution in [0.4, 0.5) is 0 Å². The molecule has 0 bridgehead atoms. The number of aromatic nitrogens is 1. The SMILES string of the molecule is N/C(CC(=O)NCCc1ccccn1)=N\O. The fourth-order valence-corrected chi connectivity index (χ4v) is 1.14. The van der Waals surface area contributed by atoms with E-state index in [1.54, 1.807) is 6.20 Å². The van der Waals surface area contributed by atoms with Gasteiger partial charge in [-0.2, -0.15) is 0 Å². The van der Waals surface area contributed by atoms with Gasteiger partial charge in [0.15, 0.2) is 0 Å². The van der Waals surface area contributed by atoms with Gasteiger partial charge in [-0.05, 0) is 12.1 Å². The second-order valence-corrected chi connectivity index (χ2v) is 3.19. The van der Waals surface area contributed by atoms with Gasteiger partial charge in [-0.1, -0.05) is 11.2 Å². The smallest absolute Gasteiger partial charge is 0.227 e. The first-order valence-electron chi connectivity index (χ1n) is 4.85. The van der Waals surface area contributed by atoms with Gasteiger partial charge in [0.05, 0.1) is 6.42 Å². The lowest BCUT2D eigenvalue weighted by atomic mass is 10.2. The van der Waals surface area contributed by atoms with Gasteiger partial charge >= 0.3 is 0 Å². The van der Waals surface area contributed by atoms with Crippen LogP contribution in [0.3, 0.4) is 0 Å². The molecule has 0 aliphatic heterocycles. The van der Waals surface area contributed by atoms with E-state index >= 15 is 0 Å². The number of pyridine rings is 1. The molecule has 1 aromatic rings. The molecule has 4 N–H and O–H groups in total. The zero-order valence-corrected chi connectivity index (χ0v) is 8.76. The first-order valence-corrected chi connectivity index (χ1v) is 4.85. The maximum atomic E-state index is 11.2. The minimum atomic E-state index is -0.272. The van der Waals surface area contributed by atoms with E-state index in [1.807, 2.05) is 18.2 Å². The average Bonchev–Trinajstić information content (AvgIpc) is 2.30. The van der Waals surface area contributed by atoms with Crippen LogP contribution < -0.4 is 11.1 Å². The third-order valence-electron chi connectivity index (χ3n) is 1.90. The molecule has 0 unspecified atom stereocenters. The van der Waals surface area contributed by atoms with Gasteiger partial charge in [-0.3, -0.25) is 9.78 Å². The van der Waals surface area contributed by atoms with E-state index in [0.717, 1.165) is 5.69 Å². The average molecular weight is 222 g/mol. The van der Waals surface area contributed by atoms with Crippen molar-refractivity contribution in [3.05, 3.63) is 30.1 Å². The number of oxime groups is 1. The fourth-order valence-electron chi connectivity index (χ4n) is 1.14. The summed E-state index contributed by atoms with van der Waals surface area (Å²) in [5, 5.41) is 13.6. The van der Waals surface area contributed by atoms with E-state index in [2.05, 4.69) is 15.5 Å². The lowest BCUT2D eigenvalue weighted by Crippen LogP contribution is -2.30. The van der Waals surface area contributed by atoms with E-state index in [-0.39, 0.29) is 18.2 Å². The van der Waals surface area contributed by atoms with Gasteiger partial charge in [0, 0.05) is 24.9 Å². The zero-order chi connectivity index (χ0) is 11.8. The molecular formula is C10H14N4O2. The summed E-state index contributed by atoms with van der Waals surface area (Å²) in [5.74, 6) is -0.374. The molecule has 1 amide bonds. The Balaban J connectivity index is 2.23. The number of carbonyl (C=O) groups excluding carboxylic acids is 1. The van der Waals surface area contributed by atoms with Gasteiger partial charge in [0.2, 0.25) is 5.91 Å². The maximum absolute atomic E-state index is 11.2. The Bertz CT molecular complexity index is 364. The number of nitrogens with zero attached hydrogens (tertiary/aromatic N) is 2. The van der Waals surface area contributed by atoms with Crippen LogP contribution in [0.25, 0.3) is 0 Å². The Morgan fingerprint density at radius 3 is 3.00 bits per heavy atom. The summed E-state index contributed by atoms with van der Waals surface area (Å²) in [6.07, 6.45) is 2.26. The Hall–Kier alpha value is -2.11. The van der Waals surface area contributed by atoms with Crippen LogP contribution in [0, 0.1) is 0 Å². The molecule has 86 valence electrons. The minimum Gasteiger partial charge on any atom is -0.409 e. The molecule has 0 fully saturated rings. The summed E-state index contributed by atoms with van der Waals surface area (Å²) < 4.78 is 0. The molecule has 16 heavy (non-hydrogen) atoms. The van der Waals surface area contributed by atoms with Crippen molar-refractivity contribution in [3.8, 4) is 0 Å². The molecule has 1 heterocycles. The molecule has 0 atom stereocenters. The van der Waals surface area contributed by atoms with Crippen LogP contribution in [0.5, 0.6) is 0 Å². The second-order valence-electron chi connectivity index (χ2n) is 3.19. The highest BCUT2D eigenvalue weighted by Gasteiger charge is 2.03. The highest BCUT2D eigenvalue weighted by atomic mass is 16.4. The summed E-state index contributed by atoms with van der Waals surface area (Å²) in [5.41, 5.74) is 6.09. The number of hydrogen-bond donors (Lipinski definition) is 3. The van der Waals surface area contributed by atoms with E-state index in [4.69, 9.17) is 10.9 Å². The predicted molar refractivity (Wildman–Crippen MR) is 59.0 cm³/mol. The summed E-state index contributed by atoms with van der Waals surface area (Å²) >= 11 is 0. The number of carbonyl (C=O) groups is 1. The molecule has 0 spiro atoms. The van der Waals surface area contributed by atoms with Crippen molar-refractivity contribution in [1.29, 1.82) is 0 Å². The third-order valence-corrected chi connectivity index (χ3v) is 1.90. The molecule has 1 aromatic heterocycles. The standard InChI is InChI=1S/C10H14N4O2/c11-9(14-16)7-10(15)13-6-4-8-3-1-2-5-12-8/h1-3,5,16H,4,6-7H2,(H2,11,14)(H,13,15). The third kappa shape index (κ3) is 4.41. The molecule has 0 aliphatic rings. The van der Waals surface area contributed by atoms with E-state index in [9.17, 15) is 4.79 Å². The Morgan fingerprint density at radius 2 is 2.38 bits per heavy atom. The molecular weight excluding hydrogens is 208 g/mol. The molecule has 6 heteroatoms. The topological polar surface area (TPSA) is 101 Å². The van der Waals surface area contributed by atoms with Crippen LogP contribution in [-0.2, 0) is 11.2 Å². The highest BCUT2D eigenvalue weighted by molar-refractivity contribution is 5.98. The lowest BCUT2D eigenvalue weighted by molar-refractivity contribution is -0.119. The first kappa shape index (κ1) is 12.0. The molecule has 0 saturated heterocycles.